The number of fused-ring (bicyclic) bond motifs is 1. The number of halogens is 6. The quantitative estimate of drug-likeness (QED) is 0.784. The molecule has 0 saturated carbocycles. The van der Waals surface area contributed by atoms with E-state index in [4.69, 9.17) is 11.6 Å². The highest BCUT2D eigenvalue weighted by atomic mass is 35.5. The molecular formula is C16H10ClF5N2O3. The van der Waals surface area contributed by atoms with E-state index in [1.807, 2.05) is 0 Å². The van der Waals surface area contributed by atoms with Crippen LogP contribution in [0.1, 0.15) is 17.2 Å². The number of carbonyl (C=O) groups excluding carboxylic acids is 1. The lowest BCUT2D eigenvalue weighted by Crippen LogP contribution is -2.50. The second-order valence-electron chi connectivity index (χ2n) is 5.66. The van der Waals surface area contributed by atoms with E-state index >= 15 is 0 Å². The number of para-hydroxylation sites is 1. The Bertz CT molecular complexity index is 891. The lowest BCUT2D eigenvalue weighted by Gasteiger charge is -2.35. The number of hydrogen-bond acceptors (Lipinski definition) is 4. The number of rotatable bonds is 3. The number of carbonyl (C=O) groups is 1. The first-order chi connectivity index (χ1) is 12.5. The number of nitrogens with zero attached hydrogens (tertiary/aromatic N) is 2. The van der Waals surface area contributed by atoms with Crippen molar-refractivity contribution in [3.8, 4) is 5.75 Å². The van der Waals surface area contributed by atoms with Crippen molar-refractivity contribution in [2.45, 2.75) is 24.9 Å². The van der Waals surface area contributed by atoms with E-state index in [0.29, 0.717) is 4.90 Å². The van der Waals surface area contributed by atoms with Crippen LogP contribution in [0.3, 0.4) is 0 Å². The fraction of sp³-hybridized carbons (Fsp3) is 0.250. The monoisotopic (exact) mass is 408 g/mol. The van der Waals surface area contributed by atoms with Crippen LogP contribution < -0.4 is 9.64 Å². The zero-order chi connectivity index (χ0) is 20.0. The molecule has 0 saturated heterocycles. The molecule has 5 nitrogen and oxygen atoms in total. The number of pyridine rings is 1. The van der Waals surface area contributed by atoms with Gasteiger partial charge in [-0.1, -0.05) is 23.7 Å². The number of benzene rings is 1. The minimum absolute atomic E-state index is 0.182. The van der Waals surface area contributed by atoms with Crippen molar-refractivity contribution in [1.82, 2.24) is 4.98 Å². The number of aromatic nitrogens is 1. The maximum absolute atomic E-state index is 14.0. The van der Waals surface area contributed by atoms with Gasteiger partial charge in [0, 0.05) is 18.0 Å². The molecule has 0 fully saturated rings. The highest BCUT2D eigenvalue weighted by Gasteiger charge is 2.52. The molecule has 2 heterocycles. The van der Waals surface area contributed by atoms with E-state index in [0.717, 1.165) is 18.2 Å². The first kappa shape index (κ1) is 19.3. The van der Waals surface area contributed by atoms with Crippen LogP contribution in [0.25, 0.3) is 0 Å². The van der Waals surface area contributed by atoms with Crippen molar-refractivity contribution in [1.29, 1.82) is 0 Å². The van der Waals surface area contributed by atoms with Crippen molar-refractivity contribution < 1.29 is 36.6 Å². The van der Waals surface area contributed by atoms with Gasteiger partial charge in [0.25, 0.3) is 0 Å². The smallest absolute Gasteiger partial charge is 0.423 e. The molecule has 0 aliphatic carbocycles. The molecular weight excluding hydrogens is 399 g/mol. The Labute approximate surface area is 153 Å². The first-order valence-electron chi connectivity index (χ1n) is 7.36. The van der Waals surface area contributed by atoms with Gasteiger partial charge in [-0.2, -0.15) is 22.0 Å². The average molecular weight is 409 g/mol. The van der Waals surface area contributed by atoms with E-state index in [-0.39, 0.29) is 16.3 Å². The molecule has 11 heteroatoms. The van der Waals surface area contributed by atoms with Crippen LogP contribution in [0.4, 0.5) is 27.6 Å². The lowest BCUT2D eigenvalue weighted by atomic mass is 10.0. The van der Waals surface area contributed by atoms with Gasteiger partial charge >= 0.3 is 18.2 Å². The second-order valence-corrected chi connectivity index (χ2v) is 6.10. The van der Waals surface area contributed by atoms with Gasteiger partial charge in [0.05, 0.1) is 17.3 Å². The summed E-state index contributed by atoms with van der Waals surface area (Å²) in [6, 6.07) is 4.38. The Morgan fingerprint density at radius 1 is 1.30 bits per heavy atom. The van der Waals surface area contributed by atoms with Gasteiger partial charge in [-0.05, 0) is 17.7 Å². The van der Waals surface area contributed by atoms with E-state index in [2.05, 4.69) is 9.72 Å². The summed E-state index contributed by atoms with van der Waals surface area (Å²) < 4.78 is 70.9. The number of aliphatic hydroxyl groups excluding tert-OH is 1. The minimum atomic E-state index is -5.11. The Hall–Kier alpha value is -2.46. The largest absolute Gasteiger partial charge is 0.483 e. The number of anilines is 1. The lowest BCUT2D eigenvalue weighted by molar-refractivity contribution is -0.211. The number of amides is 1. The molecule has 1 aliphatic heterocycles. The van der Waals surface area contributed by atoms with E-state index in [1.54, 1.807) is 0 Å². The summed E-state index contributed by atoms with van der Waals surface area (Å²) in [5.74, 6) is -2.70. The van der Waals surface area contributed by atoms with Crippen molar-refractivity contribution in [3.63, 3.8) is 0 Å². The Kier molecular flexibility index (Phi) is 4.73. The molecule has 3 rings (SSSR count). The van der Waals surface area contributed by atoms with E-state index in [1.165, 1.54) is 18.5 Å². The molecule has 0 radical (unpaired) electrons. The van der Waals surface area contributed by atoms with Crippen molar-refractivity contribution in [3.05, 3.63) is 52.8 Å². The molecule has 0 spiro atoms. The summed E-state index contributed by atoms with van der Waals surface area (Å²) in [6.07, 6.45) is -10.0. The Morgan fingerprint density at radius 2 is 2.00 bits per heavy atom. The molecule has 1 aromatic heterocycles. The molecule has 1 N–H and O–H groups in total. The normalized spacial score (nSPS) is 17.3. The van der Waals surface area contributed by atoms with Crippen LogP contribution in [0.5, 0.6) is 5.75 Å². The van der Waals surface area contributed by atoms with Crippen molar-refractivity contribution in [2.75, 3.05) is 4.90 Å². The SMILES string of the molecule is O=C1N(Cc2cncc(Cl)c2)c2cccc(C(O)C(F)(F)F)c2OC1(F)F. The fourth-order valence-electron chi connectivity index (χ4n) is 2.58. The number of hydrogen-bond donors (Lipinski definition) is 1. The molecule has 1 unspecified atom stereocenters. The molecule has 0 bridgehead atoms. The highest BCUT2D eigenvalue weighted by Crippen LogP contribution is 2.47. The third kappa shape index (κ3) is 3.67. The zero-order valence-electron chi connectivity index (χ0n) is 13.2. The second kappa shape index (κ2) is 6.61. The fourth-order valence-corrected chi connectivity index (χ4v) is 2.77. The molecule has 1 aromatic carbocycles. The summed E-state index contributed by atoms with van der Waals surface area (Å²) in [6.45, 7) is -0.441. The molecule has 1 aliphatic rings. The molecule has 1 atom stereocenters. The van der Waals surface area contributed by atoms with Crippen LogP contribution in [0, 0.1) is 0 Å². The average Bonchev–Trinajstić information content (AvgIpc) is 2.57. The molecule has 144 valence electrons. The van der Waals surface area contributed by atoms with Crippen LogP contribution in [0.15, 0.2) is 36.7 Å². The highest BCUT2D eigenvalue weighted by molar-refractivity contribution is 6.30. The van der Waals surface area contributed by atoms with Crippen LogP contribution in [-0.4, -0.2) is 28.3 Å². The van der Waals surface area contributed by atoms with Gasteiger partial charge in [-0.15, -0.1) is 0 Å². The molecule has 27 heavy (non-hydrogen) atoms. The molecule has 2 aromatic rings. The van der Waals surface area contributed by atoms with Gasteiger partial charge in [0.1, 0.15) is 0 Å². The van der Waals surface area contributed by atoms with Crippen LogP contribution >= 0.6 is 11.6 Å². The summed E-state index contributed by atoms with van der Waals surface area (Å²) in [7, 11) is 0. The maximum atomic E-state index is 14.0. The summed E-state index contributed by atoms with van der Waals surface area (Å²) in [5, 5.41) is 9.66. The van der Waals surface area contributed by atoms with E-state index < -0.39 is 42.2 Å². The minimum Gasteiger partial charge on any atom is -0.423 e. The van der Waals surface area contributed by atoms with Gasteiger partial charge in [-0.25, -0.2) is 0 Å². The van der Waals surface area contributed by atoms with Crippen molar-refractivity contribution in [2.24, 2.45) is 0 Å². The summed E-state index contributed by atoms with van der Waals surface area (Å²) in [4.78, 5) is 16.4. The van der Waals surface area contributed by atoms with Crippen molar-refractivity contribution >= 4 is 23.2 Å². The number of alkyl halides is 5. The van der Waals surface area contributed by atoms with Crippen LogP contribution in [0.2, 0.25) is 5.02 Å². The standard InChI is InChI=1S/C16H10ClF5N2O3/c17-9-4-8(5-23-6-9)7-24-11-3-1-2-10(13(25)15(18,19)20)12(11)27-16(21,22)14(24)26/h1-6,13,25H,7H2. The van der Waals surface area contributed by atoms with Gasteiger partial charge in [-0.3, -0.25) is 14.7 Å². The molecule has 1 amide bonds. The topological polar surface area (TPSA) is 62.7 Å². The van der Waals surface area contributed by atoms with Gasteiger partial charge < -0.3 is 9.84 Å². The van der Waals surface area contributed by atoms with Gasteiger partial charge in [0.15, 0.2) is 11.9 Å². The third-order valence-corrected chi connectivity index (χ3v) is 3.95. The first-order valence-corrected chi connectivity index (χ1v) is 7.74. The van der Waals surface area contributed by atoms with E-state index in [9.17, 15) is 31.9 Å². The summed E-state index contributed by atoms with van der Waals surface area (Å²) in [5.41, 5.74) is -1.01. The predicted octanol–water partition coefficient (Wildman–Crippen LogP) is 3.85. The number of ether oxygens (including phenoxy) is 1. The number of aliphatic hydroxyl groups is 1. The van der Waals surface area contributed by atoms with Gasteiger partial charge in [0.2, 0.25) is 0 Å². The summed E-state index contributed by atoms with van der Waals surface area (Å²) >= 11 is 5.78. The zero-order valence-corrected chi connectivity index (χ0v) is 13.9. The Morgan fingerprint density at radius 3 is 2.63 bits per heavy atom. The third-order valence-electron chi connectivity index (χ3n) is 3.75. The van der Waals surface area contributed by atoms with Crippen LogP contribution in [-0.2, 0) is 11.3 Å². The maximum Gasteiger partial charge on any atom is 0.483 e. The predicted molar refractivity (Wildman–Crippen MR) is 83.5 cm³/mol. The Balaban J connectivity index is 2.10.